The van der Waals surface area contributed by atoms with E-state index in [0.717, 1.165) is 23.1 Å². The van der Waals surface area contributed by atoms with Gasteiger partial charge < -0.3 is 9.47 Å². The van der Waals surface area contributed by atoms with Crippen LogP contribution in [-0.2, 0) is 4.74 Å². The van der Waals surface area contributed by atoms with Crippen molar-refractivity contribution in [2.24, 2.45) is 0 Å². The summed E-state index contributed by atoms with van der Waals surface area (Å²) in [7, 11) is 3.30. The summed E-state index contributed by atoms with van der Waals surface area (Å²) >= 11 is 3.37. The van der Waals surface area contributed by atoms with E-state index in [9.17, 15) is 0 Å². The lowest BCUT2D eigenvalue weighted by atomic mass is 10.2. The molecule has 1 aromatic rings. The van der Waals surface area contributed by atoms with Crippen LogP contribution >= 0.6 is 15.9 Å². The lowest BCUT2D eigenvalue weighted by Crippen LogP contribution is -1.91. The van der Waals surface area contributed by atoms with Gasteiger partial charge in [-0.2, -0.15) is 0 Å². The fourth-order valence-electron chi connectivity index (χ4n) is 1.13. The van der Waals surface area contributed by atoms with E-state index >= 15 is 0 Å². The van der Waals surface area contributed by atoms with E-state index in [1.165, 1.54) is 0 Å². The van der Waals surface area contributed by atoms with E-state index < -0.39 is 0 Å². The van der Waals surface area contributed by atoms with Crippen LogP contribution in [-0.4, -0.2) is 25.8 Å². The maximum Gasteiger partial charge on any atom is 0.220 e. The van der Waals surface area contributed by atoms with Crippen LogP contribution in [0.15, 0.2) is 22.8 Å². The second kappa shape index (κ2) is 6.58. The second-order valence-electron chi connectivity index (χ2n) is 2.94. The molecule has 3 nitrogen and oxygen atoms in total. The van der Waals surface area contributed by atoms with E-state index in [1.807, 2.05) is 18.2 Å². The van der Waals surface area contributed by atoms with Crippen molar-refractivity contribution in [2.45, 2.75) is 6.42 Å². The highest BCUT2D eigenvalue weighted by Crippen LogP contribution is 2.20. The third-order valence-corrected chi connectivity index (χ3v) is 2.26. The fourth-order valence-corrected chi connectivity index (χ4v) is 1.48. The topological polar surface area (TPSA) is 31.4 Å². The van der Waals surface area contributed by atoms with Gasteiger partial charge in [-0.15, -0.1) is 0 Å². The van der Waals surface area contributed by atoms with Crippen molar-refractivity contribution in [3.8, 4) is 5.88 Å². The van der Waals surface area contributed by atoms with Crippen LogP contribution < -0.4 is 4.74 Å². The molecule has 1 rings (SSSR count). The summed E-state index contributed by atoms with van der Waals surface area (Å²) in [6.45, 7) is 0.722. The third-order valence-electron chi connectivity index (χ3n) is 1.82. The Balaban J connectivity index is 2.73. The van der Waals surface area contributed by atoms with Crippen LogP contribution in [0, 0.1) is 0 Å². The van der Waals surface area contributed by atoms with Crippen molar-refractivity contribution in [1.29, 1.82) is 0 Å². The van der Waals surface area contributed by atoms with E-state index in [0.29, 0.717) is 5.88 Å². The zero-order chi connectivity index (χ0) is 11.1. The minimum absolute atomic E-state index is 0.631. The highest BCUT2D eigenvalue weighted by Gasteiger charge is 2.00. The number of halogens is 1. The minimum Gasteiger partial charge on any atom is -0.481 e. The molecule has 15 heavy (non-hydrogen) atoms. The van der Waals surface area contributed by atoms with E-state index in [2.05, 4.69) is 20.9 Å². The number of aromatic nitrogens is 1. The zero-order valence-corrected chi connectivity index (χ0v) is 10.5. The number of rotatable bonds is 5. The number of nitrogens with zero attached hydrogens (tertiary/aromatic N) is 1. The summed E-state index contributed by atoms with van der Waals surface area (Å²) in [5.41, 5.74) is 0.961. The molecular formula is C11H14BrNO2. The highest BCUT2D eigenvalue weighted by atomic mass is 79.9. The summed E-state index contributed by atoms with van der Waals surface area (Å²) in [5.74, 6) is 0.631. The summed E-state index contributed by atoms with van der Waals surface area (Å²) < 4.78 is 11.0. The SMILES string of the molecule is COCC/C=C/c1cc(Br)cnc1OC. The van der Waals surface area contributed by atoms with E-state index in [-0.39, 0.29) is 0 Å². The predicted octanol–water partition coefficient (Wildman–Crippen LogP) is 2.90. The molecule has 0 aliphatic carbocycles. The van der Waals surface area contributed by atoms with Gasteiger partial charge in [0.25, 0.3) is 0 Å². The molecule has 1 heterocycles. The predicted molar refractivity (Wildman–Crippen MR) is 64.0 cm³/mol. The normalized spacial score (nSPS) is 10.9. The highest BCUT2D eigenvalue weighted by molar-refractivity contribution is 9.10. The van der Waals surface area contributed by atoms with Gasteiger partial charge in [-0.25, -0.2) is 4.98 Å². The standard InChI is InChI=1S/C11H14BrNO2/c1-14-6-4-3-5-9-7-10(12)8-13-11(9)15-2/h3,5,7-8H,4,6H2,1-2H3/b5-3+. The summed E-state index contributed by atoms with van der Waals surface area (Å²) in [6, 6.07) is 1.97. The number of methoxy groups -OCH3 is 2. The first-order valence-electron chi connectivity index (χ1n) is 4.63. The van der Waals surface area contributed by atoms with Gasteiger partial charge in [0.05, 0.1) is 7.11 Å². The Bertz CT molecular complexity index is 339. The molecular weight excluding hydrogens is 258 g/mol. The molecule has 0 atom stereocenters. The fraction of sp³-hybridized carbons (Fsp3) is 0.364. The lowest BCUT2D eigenvalue weighted by molar-refractivity contribution is 0.204. The molecule has 0 saturated heterocycles. The summed E-state index contributed by atoms with van der Waals surface area (Å²) in [6.07, 6.45) is 6.61. The van der Waals surface area contributed by atoms with Gasteiger partial charge in [0.1, 0.15) is 0 Å². The Morgan fingerprint density at radius 2 is 2.27 bits per heavy atom. The molecule has 0 bridgehead atoms. The first-order chi connectivity index (χ1) is 7.27. The molecule has 4 heteroatoms. The Morgan fingerprint density at radius 1 is 1.47 bits per heavy atom. The number of hydrogen-bond donors (Lipinski definition) is 0. The Labute approximate surface area is 98.2 Å². The average Bonchev–Trinajstić information content (AvgIpc) is 2.25. The molecule has 82 valence electrons. The molecule has 0 saturated carbocycles. The van der Waals surface area contributed by atoms with Crippen molar-refractivity contribution >= 4 is 22.0 Å². The second-order valence-corrected chi connectivity index (χ2v) is 3.85. The van der Waals surface area contributed by atoms with Crippen molar-refractivity contribution < 1.29 is 9.47 Å². The number of ether oxygens (including phenoxy) is 2. The minimum atomic E-state index is 0.631. The van der Waals surface area contributed by atoms with Crippen molar-refractivity contribution in [3.05, 3.63) is 28.4 Å². The largest absolute Gasteiger partial charge is 0.481 e. The molecule has 0 radical (unpaired) electrons. The first kappa shape index (κ1) is 12.2. The molecule has 0 aliphatic heterocycles. The van der Waals surface area contributed by atoms with Gasteiger partial charge in [0, 0.05) is 29.9 Å². The first-order valence-corrected chi connectivity index (χ1v) is 5.42. The molecule has 0 aliphatic rings. The van der Waals surface area contributed by atoms with Gasteiger partial charge in [0.2, 0.25) is 5.88 Å². The number of pyridine rings is 1. The summed E-state index contributed by atoms with van der Waals surface area (Å²) in [4.78, 5) is 4.14. The van der Waals surface area contributed by atoms with Crippen molar-refractivity contribution in [1.82, 2.24) is 4.98 Å². The molecule has 0 fully saturated rings. The van der Waals surface area contributed by atoms with Gasteiger partial charge in [-0.1, -0.05) is 12.2 Å². The molecule has 0 amide bonds. The van der Waals surface area contributed by atoms with Gasteiger partial charge in [0.15, 0.2) is 0 Å². The van der Waals surface area contributed by atoms with Gasteiger partial charge >= 0.3 is 0 Å². The van der Waals surface area contributed by atoms with Crippen molar-refractivity contribution in [3.63, 3.8) is 0 Å². The third kappa shape index (κ3) is 4.01. The maximum atomic E-state index is 5.14. The maximum absolute atomic E-state index is 5.14. The van der Waals surface area contributed by atoms with Crippen LogP contribution in [0.5, 0.6) is 5.88 Å². The molecule has 0 aromatic carbocycles. The van der Waals surface area contributed by atoms with E-state index in [4.69, 9.17) is 9.47 Å². The van der Waals surface area contributed by atoms with Crippen LogP contribution in [0.2, 0.25) is 0 Å². The Hall–Kier alpha value is -0.870. The Kier molecular flexibility index (Phi) is 5.36. The molecule has 0 N–H and O–H groups in total. The molecule has 0 unspecified atom stereocenters. The molecule has 0 spiro atoms. The Morgan fingerprint density at radius 3 is 2.93 bits per heavy atom. The smallest absolute Gasteiger partial charge is 0.220 e. The quantitative estimate of drug-likeness (QED) is 0.772. The van der Waals surface area contributed by atoms with Crippen LogP contribution in [0.1, 0.15) is 12.0 Å². The monoisotopic (exact) mass is 271 g/mol. The van der Waals surface area contributed by atoms with Gasteiger partial charge in [-0.05, 0) is 28.4 Å². The van der Waals surface area contributed by atoms with Gasteiger partial charge in [-0.3, -0.25) is 0 Å². The summed E-state index contributed by atoms with van der Waals surface area (Å²) in [5, 5.41) is 0. The average molecular weight is 272 g/mol. The van der Waals surface area contributed by atoms with Crippen molar-refractivity contribution in [2.75, 3.05) is 20.8 Å². The van der Waals surface area contributed by atoms with Crippen LogP contribution in [0.4, 0.5) is 0 Å². The lowest BCUT2D eigenvalue weighted by Gasteiger charge is -2.03. The van der Waals surface area contributed by atoms with E-state index in [1.54, 1.807) is 20.4 Å². The number of hydrogen-bond acceptors (Lipinski definition) is 3. The van der Waals surface area contributed by atoms with Crippen LogP contribution in [0.25, 0.3) is 6.08 Å². The zero-order valence-electron chi connectivity index (χ0n) is 8.87. The molecule has 1 aromatic heterocycles. The van der Waals surface area contributed by atoms with Crippen LogP contribution in [0.3, 0.4) is 0 Å².